The molecule has 0 aromatic rings. The van der Waals surface area contributed by atoms with Gasteiger partial charge in [-0.25, -0.2) is 4.79 Å². The van der Waals surface area contributed by atoms with Gasteiger partial charge in [-0.2, -0.15) is 0 Å². The van der Waals surface area contributed by atoms with Gasteiger partial charge in [0.05, 0.1) is 6.61 Å². The molecule has 2 aliphatic rings. The summed E-state index contributed by atoms with van der Waals surface area (Å²) in [5, 5.41) is 2.96. The first-order chi connectivity index (χ1) is 10.2. The highest BCUT2D eigenvalue weighted by atomic mass is 16.5. The van der Waals surface area contributed by atoms with E-state index in [9.17, 15) is 9.59 Å². The summed E-state index contributed by atoms with van der Waals surface area (Å²) in [6, 6.07) is 0. The van der Waals surface area contributed by atoms with Gasteiger partial charge >= 0.3 is 5.97 Å². The quantitative estimate of drug-likeness (QED) is 0.603. The summed E-state index contributed by atoms with van der Waals surface area (Å²) < 4.78 is 10.8. The van der Waals surface area contributed by atoms with Gasteiger partial charge in [-0.05, 0) is 32.1 Å². The molecule has 2 rings (SSSR count). The van der Waals surface area contributed by atoms with E-state index in [1.165, 1.54) is 0 Å². The molecule has 21 heavy (non-hydrogen) atoms. The fraction of sp³-hybridized carbons (Fsp3) is 0.875. The van der Waals surface area contributed by atoms with E-state index in [1.54, 1.807) is 0 Å². The maximum atomic E-state index is 12.5. The van der Waals surface area contributed by atoms with Crippen LogP contribution in [0.1, 0.15) is 64.7 Å². The van der Waals surface area contributed by atoms with Gasteiger partial charge in [0.1, 0.15) is 11.6 Å². The Hall–Kier alpha value is -1.10. The van der Waals surface area contributed by atoms with E-state index < -0.39 is 11.6 Å². The van der Waals surface area contributed by atoms with Crippen LogP contribution in [0, 0.1) is 0 Å². The zero-order valence-corrected chi connectivity index (χ0v) is 13.0. The lowest BCUT2D eigenvalue weighted by molar-refractivity contribution is -0.157. The third-order valence-corrected chi connectivity index (χ3v) is 4.41. The van der Waals surface area contributed by atoms with Crippen LogP contribution in [0.2, 0.25) is 0 Å². The molecule has 1 heterocycles. The van der Waals surface area contributed by atoms with Crippen LogP contribution in [0.5, 0.6) is 0 Å². The minimum atomic E-state index is -0.824. The molecule has 2 fully saturated rings. The molecule has 5 heteroatoms. The summed E-state index contributed by atoms with van der Waals surface area (Å²) in [6.45, 7) is 3.13. The molecule has 0 aromatic heterocycles. The zero-order valence-electron chi connectivity index (χ0n) is 13.0. The zero-order chi connectivity index (χ0) is 15.1. The third kappa shape index (κ3) is 4.19. The number of hydrogen-bond acceptors (Lipinski definition) is 4. The fourth-order valence-corrected chi connectivity index (χ4v) is 3.08. The molecule has 0 bridgehead atoms. The van der Waals surface area contributed by atoms with Gasteiger partial charge in [0.25, 0.3) is 0 Å². The molecule has 1 aliphatic carbocycles. The number of carbonyl (C=O) groups is 2. The molecule has 5 nitrogen and oxygen atoms in total. The summed E-state index contributed by atoms with van der Waals surface area (Å²) >= 11 is 0. The number of unbranched alkanes of at least 4 members (excludes halogenated alkanes) is 1. The van der Waals surface area contributed by atoms with E-state index in [-0.39, 0.29) is 11.9 Å². The molecule has 0 unspecified atom stereocenters. The number of nitrogens with one attached hydrogen (secondary N) is 1. The number of rotatable bonds is 6. The predicted octanol–water partition coefficient (Wildman–Crippen LogP) is 2.33. The van der Waals surface area contributed by atoms with E-state index >= 15 is 0 Å². The highest BCUT2D eigenvalue weighted by Gasteiger charge is 2.43. The largest absolute Gasteiger partial charge is 0.464 e. The van der Waals surface area contributed by atoms with Crippen LogP contribution in [-0.4, -0.2) is 36.7 Å². The minimum absolute atomic E-state index is 0.151. The predicted molar refractivity (Wildman–Crippen MR) is 78.8 cm³/mol. The van der Waals surface area contributed by atoms with Crippen LogP contribution < -0.4 is 5.32 Å². The minimum Gasteiger partial charge on any atom is -0.464 e. The van der Waals surface area contributed by atoms with Crippen molar-refractivity contribution >= 4 is 11.9 Å². The van der Waals surface area contributed by atoms with Crippen LogP contribution in [0.3, 0.4) is 0 Å². The first-order valence-corrected chi connectivity index (χ1v) is 8.29. The molecule has 1 atom stereocenters. The topological polar surface area (TPSA) is 64.6 Å². The maximum absolute atomic E-state index is 12.5. The Morgan fingerprint density at radius 1 is 1.24 bits per heavy atom. The lowest BCUT2D eigenvalue weighted by atomic mass is 9.81. The van der Waals surface area contributed by atoms with E-state index in [0.717, 1.165) is 44.9 Å². The van der Waals surface area contributed by atoms with E-state index in [0.29, 0.717) is 26.1 Å². The van der Waals surface area contributed by atoms with Crippen molar-refractivity contribution < 1.29 is 19.1 Å². The third-order valence-electron chi connectivity index (χ3n) is 4.41. The second-order valence-corrected chi connectivity index (χ2v) is 6.12. The van der Waals surface area contributed by atoms with Gasteiger partial charge in [-0.1, -0.05) is 32.6 Å². The molecule has 1 saturated heterocycles. The van der Waals surface area contributed by atoms with E-state index in [1.807, 2.05) is 0 Å². The van der Waals surface area contributed by atoms with Crippen molar-refractivity contribution in [2.45, 2.75) is 76.4 Å². The molecule has 0 spiro atoms. The van der Waals surface area contributed by atoms with Crippen molar-refractivity contribution in [3.05, 3.63) is 0 Å². The Bertz CT molecular complexity index is 357. The highest BCUT2D eigenvalue weighted by Crippen LogP contribution is 2.30. The number of amides is 1. The number of esters is 1. The standard InChI is InChI=1S/C16H27NO4/c1-2-3-11-21-15(19)16(9-5-4-6-10-16)17-14(18)13-8-7-12-20-13/h13H,2-12H2,1H3,(H,17,18)/t13-/m1/s1. The number of ether oxygens (including phenoxy) is 2. The summed E-state index contributed by atoms with van der Waals surface area (Å²) in [6.07, 6.45) is 7.48. The van der Waals surface area contributed by atoms with Crippen LogP contribution >= 0.6 is 0 Å². The molecule has 1 amide bonds. The van der Waals surface area contributed by atoms with Crippen LogP contribution in [0.25, 0.3) is 0 Å². The van der Waals surface area contributed by atoms with Gasteiger partial charge in [0.15, 0.2) is 0 Å². The van der Waals surface area contributed by atoms with Crippen molar-refractivity contribution in [1.29, 1.82) is 0 Å². The first kappa shape index (κ1) is 16.3. The van der Waals surface area contributed by atoms with Gasteiger partial charge in [-0.3, -0.25) is 4.79 Å². The Kier molecular flexibility index (Phi) is 6.03. The van der Waals surface area contributed by atoms with Crippen LogP contribution in [-0.2, 0) is 19.1 Å². The Labute approximate surface area is 126 Å². The average molecular weight is 297 g/mol. The van der Waals surface area contributed by atoms with Gasteiger partial charge in [0, 0.05) is 6.61 Å². The van der Waals surface area contributed by atoms with Gasteiger partial charge in [0.2, 0.25) is 5.91 Å². The monoisotopic (exact) mass is 297 g/mol. The Morgan fingerprint density at radius 3 is 2.62 bits per heavy atom. The Morgan fingerprint density at radius 2 is 2.00 bits per heavy atom. The maximum Gasteiger partial charge on any atom is 0.331 e. The van der Waals surface area contributed by atoms with Crippen LogP contribution in [0.4, 0.5) is 0 Å². The molecule has 120 valence electrons. The molecule has 1 aliphatic heterocycles. The molecule has 0 radical (unpaired) electrons. The molecule has 0 aromatic carbocycles. The second kappa shape index (κ2) is 7.78. The average Bonchev–Trinajstić information content (AvgIpc) is 3.02. The summed E-state index contributed by atoms with van der Waals surface area (Å²) in [7, 11) is 0. The van der Waals surface area contributed by atoms with Crippen molar-refractivity contribution in [3.63, 3.8) is 0 Å². The normalized spacial score (nSPS) is 24.5. The number of hydrogen-bond donors (Lipinski definition) is 1. The lowest BCUT2D eigenvalue weighted by Crippen LogP contribution is -2.58. The summed E-state index contributed by atoms with van der Waals surface area (Å²) in [4.78, 5) is 24.8. The van der Waals surface area contributed by atoms with Gasteiger partial charge in [-0.15, -0.1) is 0 Å². The highest BCUT2D eigenvalue weighted by molar-refractivity contribution is 5.90. The molecule has 1 saturated carbocycles. The second-order valence-electron chi connectivity index (χ2n) is 6.12. The molecular formula is C16H27NO4. The molecular weight excluding hydrogens is 270 g/mol. The lowest BCUT2D eigenvalue weighted by Gasteiger charge is -2.36. The van der Waals surface area contributed by atoms with Crippen molar-refractivity contribution in [2.75, 3.05) is 13.2 Å². The fourth-order valence-electron chi connectivity index (χ4n) is 3.08. The van der Waals surface area contributed by atoms with Crippen molar-refractivity contribution in [2.24, 2.45) is 0 Å². The number of carbonyl (C=O) groups excluding carboxylic acids is 2. The molecule has 1 N–H and O–H groups in total. The van der Waals surface area contributed by atoms with Crippen molar-refractivity contribution in [1.82, 2.24) is 5.32 Å². The van der Waals surface area contributed by atoms with Crippen molar-refractivity contribution in [3.8, 4) is 0 Å². The summed E-state index contributed by atoms with van der Waals surface area (Å²) in [5.41, 5.74) is -0.824. The van der Waals surface area contributed by atoms with Crippen LogP contribution in [0.15, 0.2) is 0 Å². The van der Waals surface area contributed by atoms with Gasteiger partial charge < -0.3 is 14.8 Å². The smallest absolute Gasteiger partial charge is 0.331 e. The summed E-state index contributed by atoms with van der Waals surface area (Å²) in [5.74, 6) is -0.413. The Balaban J connectivity index is 1.98. The SMILES string of the molecule is CCCCOC(=O)C1(NC(=O)[C@H]2CCCO2)CCCCC1. The van der Waals surface area contributed by atoms with E-state index in [2.05, 4.69) is 12.2 Å². The van der Waals surface area contributed by atoms with E-state index in [4.69, 9.17) is 9.47 Å². The first-order valence-electron chi connectivity index (χ1n) is 8.29.